The van der Waals surface area contributed by atoms with Gasteiger partial charge in [0.05, 0.1) is 0 Å². The number of carbonyl (C=O) groups excluding carboxylic acids is 1. The van der Waals surface area contributed by atoms with E-state index in [-0.39, 0.29) is 6.09 Å². The van der Waals surface area contributed by atoms with E-state index in [1.54, 1.807) is 6.20 Å². The zero-order valence-corrected chi connectivity index (χ0v) is 12.0. The molecule has 1 heterocycles. The van der Waals surface area contributed by atoms with Gasteiger partial charge in [-0.05, 0) is 33.7 Å². The zero-order valence-electron chi connectivity index (χ0n) is 12.0. The van der Waals surface area contributed by atoms with Crippen molar-refractivity contribution in [3.8, 4) is 0 Å². The number of H-pyrrole nitrogens is 1. The third kappa shape index (κ3) is 8.20. The number of nitrogens with one attached hydrogen (secondary N) is 3. The van der Waals surface area contributed by atoms with E-state index in [0.717, 1.165) is 31.8 Å². The second-order valence-corrected chi connectivity index (χ2v) is 5.32. The van der Waals surface area contributed by atoms with Gasteiger partial charge in [0, 0.05) is 31.9 Å². The average molecular weight is 268 g/mol. The van der Waals surface area contributed by atoms with E-state index in [0.29, 0.717) is 6.54 Å². The lowest BCUT2D eigenvalue weighted by atomic mass is 10.2. The molecule has 1 amide bonds. The van der Waals surface area contributed by atoms with Gasteiger partial charge >= 0.3 is 6.09 Å². The molecule has 1 aromatic rings. The number of imidazole rings is 1. The maximum Gasteiger partial charge on any atom is 0.407 e. The molecule has 0 aromatic carbocycles. The van der Waals surface area contributed by atoms with Crippen LogP contribution in [0.3, 0.4) is 0 Å². The Morgan fingerprint density at radius 3 is 2.79 bits per heavy atom. The Kier molecular flexibility index (Phi) is 6.35. The Morgan fingerprint density at radius 1 is 1.37 bits per heavy atom. The SMILES string of the molecule is CC(C)(C)OC(=O)NCCNCCCc1ncc[nH]1. The maximum atomic E-state index is 11.3. The monoisotopic (exact) mass is 268 g/mol. The number of nitrogens with zero attached hydrogens (tertiary/aromatic N) is 1. The molecule has 0 aliphatic rings. The van der Waals surface area contributed by atoms with Gasteiger partial charge in [0.2, 0.25) is 0 Å². The minimum atomic E-state index is -0.444. The molecule has 0 atom stereocenters. The highest BCUT2D eigenvalue weighted by Gasteiger charge is 2.15. The van der Waals surface area contributed by atoms with Gasteiger partial charge < -0.3 is 20.4 Å². The smallest absolute Gasteiger partial charge is 0.407 e. The van der Waals surface area contributed by atoms with Gasteiger partial charge in [0.1, 0.15) is 11.4 Å². The van der Waals surface area contributed by atoms with E-state index >= 15 is 0 Å². The highest BCUT2D eigenvalue weighted by Crippen LogP contribution is 2.05. The first-order valence-corrected chi connectivity index (χ1v) is 6.63. The lowest BCUT2D eigenvalue weighted by Crippen LogP contribution is -2.36. The van der Waals surface area contributed by atoms with Gasteiger partial charge in [-0.25, -0.2) is 9.78 Å². The van der Waals surface area contributed by atoms with Crippen LogP contribution >= 0.6 is 0 Å². The summed E-state index contributed by atoms with van der Waals surface area (Å²) in [5.74, 6) is 1.01. The highest BCUT2D eigenvalue weighted by atomic mass is 16.6. The van der Waals surface area contributed by atoms with Crippen molar-refractivity contribution in [1.29, 1.82) is 0 Å². The number of hydrogen-bond donors (Lipinski definition) is 3. The van der Waals surface area contributed by atoms with Gasteiger partial charge in [-0.3, -0.25) is 0 Å². The standard InChI is InChI=1S/C13H24N4O2/c1-13(2,3)19-12(18)17-8-7-14-6-4-5-11-15-9-10-16-11/h9-10,14H,4-8H2,1-3H3,(H,15,16)(H,17,18). The van der Waals surface area contributed by atoms with E-state index in [4.69, 9.17) is 4.74 Å². The minimum absolute atomic E-state index is 0.370. The molecule has 108 valence electrons. The number of alkyl carbamates (subject to hydrolysis) is 1. The highest BCUT2D eigenvalue weighted by molar-refractivity contribution is 5.67. The van der Waals surface area contributed by atoms with Crippen molar-refractivity contribution < 1.29 is 9.53 Å². The first kappa shape index (κ1) is 15.5. The number of aryl methyl sites for hydroxylation is 1. The summed E-state index contributed by atoms with van der Waals surface area (Å²) in [5.41, 5.74) is -0.444. The summed E-state index contributed by atoms with van der Waals surface area (Å²) in [6.07, 6.45) is 5.16. The summed E-state index contributed by atoms with van der Waals surface area (Å²) < 4.78 is 5.12. The van der Waals surface area contributed by atoms with E-state index in [9.17, 15) is 4.79 Å². The molecule has 0 aliphatic carbocycles. The lowest BCUT2D eigenvalue weighted by molar-refractivity contribution is 0.0528. The van der Waals surface area contributed by atoms with Crippen LogP contribution < -0.4 is 10.6 Å². The second-order valence-electron chi connectivity index (χ2n) is 5.32. The van der Waals surface area contributed by atoms with Gasteiger partial charge in [0.25, 0.3) is 0 Å². The number of ether oxygens (including phenoxy) is 1. The van der Waals surface area contributed by atoms with Crippen LogP contribution in [0.4, 0.5) is 4.79 Å². The van der Waals surface area contributed by atoms with Crippen molar-refractivity contribution in [3.05, 3.63) is 18.2 Å². The Labute approximate surface area is 114 Å². The molecule has 0 unspecified atom stereocenters. The van der Waals surface area contributed by atoms with Gasteiger partial charge in [-0.2, -0.15) is 0 Å². The van der Waals surface area contributed by atoms with Crippen LogP contribution in [0.2, 0.25) is 0 Å². The molecule has 1 rings (SSSR count). The van der Waals surface area contributed by atoms with Crippen molar-refractivity contribution in [2.45, 2.75) is 39.2 Å². The Morgan fingerprint density at radius 2 is 2.16 bits per heavy atom. The molecular weight excluding hydrogens is 244 g/mol. The molecule has 0 radical (unpaired) electrons. The number of carbonyl (C=O) groups is 1. The zero-order chi connectivity index (χ0) is 14.1. The predicted octanol–water partition coefficient (Wildman–Crippen LogP) is 1.46. The van der Waals surface area contributed by atoms with Crippen molar-refractivity contribution >= 4 is 6.09 Å². The molecule has 0 saturated heterocycles. The first-order chi connectivity index (χ1) is 8.97. The van der Waals surface area contributed by atoms with E-state index in [2.05, 4.69) is 20.6 Å². The van der Waals surface area contributed by atoms with Crippen molar-refractivity contribution in [2.24, 2.45) is 0 Å². The molecule has 6 nitrogen and oxygen atoms in total. The summed E-state index contributed by atoms with van der Waals surface area (Å²) >= 11 is 0. The van der Waals surface area contributed by atoms with Gasteiger partial charge in [-0.15, -0.1) is 0 Å². The van der Waals surface area contributed by atoms with Crippen LogP contribution in [-0.2, 0) is 11.2 Å². The normalized spacial score (nSPS) is 11.3. The topological polar surface area (TPSA) is 79.0 Å². The van der Waals surface area contributed by atoms with Crippen LogP contribution in [0, 0.1) is 0 Å². The third-order valence-electron chi connectivity index (χ3n) is 2.29. The number of amides is 1. The van der Waals surface area contributed by atoms with E-state index in [1.807, 2.05) is 27.0 Å². The van der Waals surface area contributed by atoms with Gasteiger partial charge in [-0.1, -0.05) is 0 Å². The van der Waals surface area contributed by atoms with Crippen molar-refractivity contribution in [1.82, 2.24) is 20.6 Å². The molecule has 19 heavy (non-hydrogen) atoms. The molecule has 0 aliphatic heterocycles. The van der Waals surface area contributed by atoms with E-state index < -0.39 is 5.60 Å². The molecule has 1 aromatic heterocycles. The predicted molar refractivity (Wildman–Crippen MR) is 74.0 cm³/mol. The summed E-state index contributed by atoms with van der Waals surface area (Å²) in [6, 6.07) is 0. The second kappa shape index (κ2) is 7.78. The Bertz CT molecular complexity index is 357. The summed E-state index contributed by atoms with van der Waals surface area (Å²) in [5, 5.41) is 5.96. The fourth-order valence-corrected chi connectivity index (χ4v) is 1.51. The largest absolute Gasteiger partial charge is 0.444 e. The fourth-order valence-electron chi connectivity index (χ4n) is 1.51. The number of aromatic nitrogens is 2. The number of rotatable bonds is 7. The maximum absolute atomic E-state index is 11.3. The van der Waals surface area contributed by atoms with E-state index in [1.165, 1.54) is 0 Å². The molecule has 0 spiro atoms. The lowest BCUT2D eigenvalue weighted by Gasteiger charge is -2.19. The Hall–Kier alpha value is -1.56. The van der Waals surface area contributed by atoms with Gasteiger partial charge in [0.15, 0.2) is 0 Å². The first-order valence-electron chi connectivity index (χ1n) is 6.63. The van der Waals surface area contributed by atoms with Crippen LogP contribution in [0.5, 0.6) is 0 Å². The molecular formula is C13H24N4O2. The number of hydrogen-bond acceptors (Lipinski definition) is 4. The molecule has 0 saturated carbocycles. The summed E-state index contributed by atoms with van der Waals surface area (Å²) in [4.78, 5) is 18.5. The van der Waals surface area contributed by atoms with Crippen molar-refractivity contribution in [2.75, 3.05) is 19.6 Å². The van der Waals surface area contributed by atoms with Crippen molar-refractivity contribution in [3.63, 3.8) is 0 Å². The van der Waals surface area contributed by atoms with Crippen LogP contribution in [0.25, 0.3) is 0 Å². The van der Waals surface area contributed by atoms with Crippen LogP contribution in [0.1, 0.15) is 33.0 Å². The molecule has 0 bridgehead atoms. The molecule has 3 N–H and O–H groups in total. The Balaban J connectivity index is 1.92. The van der Waals surface area contributed by atoms with Crippen LogP contribution in [-0.4, -0.2) is 41.3 Å². The molecule has 6 heteroatoms. The minimum Gasteiger partial charge on any atom is -0.444 e. The number of aromatic amines is 1. The average Bonchev–Trinajstić information content (AvgIpc) is 2.78. The summed E-state index contributed by atoms with van der Waals surface area (Å²) in [6.45, 7) is 7.74. The quantitative estimate of drug-likeness (QED) is 0.654. The summed E-state index contributed by atoms with van der Waals surface area (Å²) in [7, 11) is 0. The molecule has 0 fully saturated rings. The fraction of sp³-hybridized carbons (Fsp3) is 0.692. The third-order valence-corrected chi connectivity index (χ3v) is 2.29. The van der Waals surface area contributed by atoms with Crippen LogP contribution in [0.15, 0.2) is 12.4 Å².